The Kier molecular flexibility index (Phi) is 5.13. The minimum atomic E-state index is -3.47. The molecule has 0 spiro atoms. The maximum Gasteiger partial charge on any atom is 0.232 e. The first-order chi connectivity index (χ1) is 10.0. The summed E-state index contributed by atoms with van der Waals surface area (Å²) in [7, 11) is -1.94. The van der Waals surface area contributed by atoms with Crippen molar-refractivity contribution in [1.29, 1.82) is 0 Å². The molecule has 0 aromatic heterocycles. The van der Waals surface area contributed by atoms with E-state index >= 15 is 0 Å². The van der Waals surface area contributed by atoms with Crippen LogP contribution in [-0.4, -0.2) is 41.1 Å². The van der Waals surface area contributed by atoms with Gasteiger partial charge in [0.15, 0.2) is 11.5 Å². The minimum Gasteiger partial charge on any atom is -0.489 e. The zero-order valence-electron chi connectivity index (χ0n) is 11.9. The molecule has 118 valence electrons. The minimum absolute atomic E-state index is 0.0330. The van der Waals surface area contributed by atoms with Crippen LogP contribution in [0.1, 0.15) is 12.8 Å². The summed E-state index contributed by atoms with van der Waals surface area (Å²) in [5, 5.41) is 0. The first-order valence-electron chi connectivity index (χ1n) is 6.70. The molecule has 0 amide bonds. The Morgan fingerprint density at radius 1 is 1.29 bits per heavy atom. The average Bonchev–Trinajstić information content (AvgIpc) is 2.64. The second kappa shape index (κ2) is 6.86. The zero-order valence-corrected chi connectivity index (χ0v) is 12.7. The van der Waals surface area contributed by atoms with E-state index in [2.05, 4.69) is 4.72 Å². The molecule has 2 rings (SSSR count). The number of methoxy groups -OCH3 is 1. The lowest BCUT2D eigenvalue weighted by atomic mass is 10.2. The van der Waals surface area contributed by atoms with E-state index < -0.39 is 10.0 Å². The highest BCUT2D eigenvalue weighted by atomic mass is 32.2. The van der Waals surface area contributed by atoms with Crippen LogP contribution in [0.15, 0.2) is 12.1 Å². The maximum atomic E-state index is 12.0. The van der Waals surface area contributed by atoms with E-state index in [0.717, 1.165) is 6.42 Å². The zero-order chi connectivity index (χ0) is 15.3. The summed E-state index contributed by atoms with van der Waals surface area (Å²) in [6.07, 6.45) is 1.18. The third kappa shape index (κ3) is 4.40. The quantitative estimate of drug-likeness (QED) is 0.604. The number of rotatable bonds is 6. The highest BCUT2D eigenvalue weighted by Crippen LogP contribution is 2.37. The Bertz CT molecular complexity index is 588. The molecule has 0 unspecified atom stereocenters. The van der Waals surface area contributed by atoms with Crippen molar-refractivity contribution >= 4 is 21.4 Å². The molecular weight excluding hydrogens is 296 g/mol. The van der Waals surface area contributed by atoms with Gasteiger partial charge < -0.3 is 19.9 Å². The van der Waals surface area contributed by atoms with Crippen molar-refractivity contribution in [1.82, 2.24) is 0 Å². The van der Waals surface area contributed by atoms with Crippen LogP contribution in [0.3, 0.4) is 0 Å². The van der Waals surface area contributed by atoms with Crippen LogP contribution in [0.4, 0.5) is 11.4 Å². The topological polar surface area (TPSA) is 99.9 Å². The predicted molar refractivity (Wildman–Crippen MR) is 80.4 cm³/mol. The second-order valence-electron chi connectivity index (χ2n) is 4.70. The summed E-state index contributed by atoms with van der Waals surface area (Å²) in [6, 6.07) is 3.14. The van der Waals surface area contributed by atoms with Crippen molar-refractivity contribution in [2.75, 3.05) is 43.1 Å². The van der Waals surface area contributed by atoms with E-state index in [1.165, 1.54) is 7.11 Å². The van der Waals surface area contributed by atoms with Crippen molar-refractivity contribution in [2.24, 2.45) is 0 Å². The van der Waals surface area contributed by atoms with Gasteiger partial charge in [-0.3, -0.25) is 4.72 Å². The van der Waals surface area contributed by atoms with Gasteiger partial charge in [-0.25, -0.2) is 8.42 Å². The molecule has 0 bridgehead atoms. The number of hydrogen-bond donors (Lipinski definition) is 2. The van der Waals surface area contributed by atoms with Crippen LogP contribution in [0.5, 0.6) is 11.5 Å². The Hall–Kier alpha value is -1.67. The molecule has 8 heteroatoms. The van der Waals surface area contributed by atoms with E-state index in [1.54, 1.807) is 12.1 Å². The summed E-state index contributed by atoms with van der Waals surface area (Å²) in [5.41, 5.74) is 6.47. The molecule has 1 aliphatic rings. The number of nitrogen functional groups attached to an aromatic ring is 1. The molecule has 0 saturated carbocycles. The Morgan fingerprint density at radius 2 is 1.95 bits per heavy atom. The molecule has 0 saturated heterocycles. The van der Waals surface area contributed by atoms with Gasteiger partial charge in [-0.15, -0.1) is 0 Å². The number of sulfonamides is 1. The SMILES string of the molecule is COCCCS(=O)(=O)Nc1cc2c(cc1N)OCCCO2. The summed E-state index contributed by atoms with van der Waals surface area (Å²) in [6.45, 7) is 1.46. The van der Waals surface area contributed by atoms with E-state index in [9.17, 15) is 8.42 Å². The fourth-order valence-corrected chi connectivity index (χ4v) is 3.04. The number of benzene rings is 1. The highest BCUT2D eigenvalue weighted by molar-refractivity contribution is 7.92. The average molecular weight is 316 g/mol. The predicted octanol–water partition coefficient (Wildman–Crippen LogP) is 1.21. The molecule has 7 nitrogen and oxygen atoms in total. The third-order valence-corrected chi connectivity index (χ3v) is 4.30. The number of nitrogens with one attached hydrogen (secondary N) is 1. The molecule has 1 aliphatic heterocycles. The molecule has 21 heavy (non-hydrogen) atoms. The Labute approximate surface area is 124 Å². The molecule has 3 N–H and O–H groups in total. The van der Waals surface area contributed by atoms with Gasteiger partial charge in [0.25, 0.3) is 0 Å². The van der Waals surface area contributed by atoms with E-state index in [0.29, 0.717) is 49.1 Å². The van der Waals surface area contributed by atoms with Gasteiger partial charge in [0.1, 0.15) is 0 Å². The number of hydrogen-bond acceptors (Lipinski definition) is 6. The van der Waals surface area contributed by atoms with Crippen molar-refractivity contribution in [3.8, 4) is 11.5 Å². The standard InChI is InChI=1S/C13H20N2O5S/c1-18-4-3-7-21(16,17)15-11-9-13-12(8-10(11)14)19-5-2-6-20-13/h8-9,15H,2-7,14H2,1H3. The first-order valence-corrected chi connectivity index (χ1v) is 8.35. The van der Waals surface area contributed by atoms with E-state index in [4.69, 9.17) is 19.9 Å². The van der Waals surface area contributed by atoms with Crippen LogP contribution in [0.25, 0.3) is 0 Å². The van der Waals surface area contributed by atoms with Crippen molar-refractivity contribution in [3.05, 3.63) is 12.1 Å². The monoisotopic (exact) mass is 316 g/mol. The third-order valence-electron chi connectivity index (χ3n) is 2.95. The van der Waals surface area contributed by atoms with Crippen LogP contribution < -0.4 is 19.9 Å². The molecule has 1 heterocycles. The van der Waals surface area contributed by atoms with Crippen molar-refractivity contribution in [3.63, 3.8) is 0 Å². The number of nitrogens with two attached hydrogens (primary N) is 1. The van der Waals surface area contributed by atoms with Gasteiger partial charge in [0, 0.05) is 32.3 Å². The largest absolute Gasteiger partial charge is 0.489 e. The molecule has 0 aliphatic carbocycles. The fraction of sp³-hybridized carbons (Fsp3) is 0.538. The summed E-state index contributed by atoms with van der Waals surface area (Å²) < 4.78 is 42.3. The van der Waals surface area contributed by atoms with Crippen LogP contribution >= 0.6 is 0 Å². The molecule has 0 atom stereocenters. The van der Waals surface area contributed by atoms with Gasteiger partial charge in [0.2, 0.25) is 10.0 Å². The normalized spacial score (nSPS) is 14.5. The first kappa shape index (κ1) is 15.7. The summed E-state index contributed by atoms with van der Waals surface area (Å²) in [4.78, 5) is 0. The lowest BCUT2D eigenvalue weighted by Crippen LogP contribution is -2.18. The van der Waals surface area contributed by atoms with Crippen LogP contribution in [0.2, 0.25) is 0 Å². The molecule has 0 radical (unpaired) electrons. The fourth-order valence-electron chi connectivity index (χ4n) is 1.92. The molecule has 1 aromatic carbocycles. The van der Waals surface area contributed by atoms with Crippen molar-refractivity contribution in [2.45, 2.75) is 12.8 Å². The van der Waals surface area contributed by atoms with Crippen molar-refractivity contribution < 1.29 is 22.6 Å². The molecule has 0 fully saturated rings. The van der Waals surface area contributed by atoms with Gasteiger partial charge >= 0.3 is 0 Å². The summed E-state index contributed by atoms with van der Waals surface area (Å²) >= 11 is 0. The summed E-state index contributed by atoms with van der Waals surface area (Å²) in [5.74, 6) is 0.998. The maximum absolute atomic E-state index is 12.0. The van der Waals surface area contributed by atoms with Crippen LogP contribution in [-0.2, 0) is 14.8 Å². The van der Waals surface area contributed by atoms with Gasteiger partial charge in [-0.2, -0.15) is 0 Å². The van der Waals surface area contributed by atoms with Gasteiger partial charge in [-0.1, -0.05) is 0 Å². The van der Waals surface area contributed by atoms with Crippen LogP contribution in [0, 0.1) is 0 Å². The molecular formula is C13H20N2O5S. The van der Waals surface area contributed by atoms with E-state index in [-0.39, 0.29) is 5.75 Å². The number of anilines is 2. The lowest BCUT2D eigenvalue weighted by Gasteiger charge is -2.14. The van der Waals surface area contributed by atoms with Gasteiger partial charge in [-0.05, 0) is 6.42 Å². The number of ether oxygens (including phenoxy) is 3. The Morgan fingerprint density at radius 3 is 2.62 bits per heavy atom. The lowest BCUT2D eigenvalue weighted by molar-refractivity contribution is 0.199. The number of fused-ring (bicyclic) bond motifs is 1. The smallest absolute Gasteiger partial charge is 0.232 e. The molecule has 1 aromatic rings. The van der Waals surface area contributed by atoms with E-state index in [1.807, 2.05) is 0 Å². The second-order valence-corrected chi connectivity index (χ2v) is 6.55. The highest BCUT2D eigenvalue weighted by Gasteiger charge is 2.17. The van der Waals surface area contributed by atoms with Gasteiger partial charge in [0.05, 0.1) is 30.3 Å². The Balaban J connectivity index is 2.14.